The largest absolute Gasteiger partial charge is 0.490 e. The molecule has 26 heteroatoms. The monoisotopic (exact) mass is 841 g/mol. The molecule has 3 aromatic heterocycles. The van der Waals surface area contributed by atoms with Gasteiger partial charge in [-0.3, -0.25) is 9.98 Å². The molecule has 5 aromatic rings. The second-order valence-electron chi connectivity index (χ2n) is 12.1. The number of imidazole rings is 1. The number of rotatable bonds is 12. The molecule has 1 fully saturated rings. The van der Waals surface area contributed by atoms with Crippen molar-refractivity contribution in [1.82, 2.24) is 45.0 Å². The second-order valence-corrected chi connectivity index (χ2v) is 12.1. The van der Waals surface area contributed by atoms with E-state index in [4.69, 9.17) is 40.7 Å². The molecule has 20 nitrogen and oxygen atoms in total. The van der Waals surface area contributed by atoms with E-state index in [9.17, 15) is 36.6 Å². The van der Waals surface area contributed by atoms with Gasteiger partial charge in [-0.15, -0.1) is 10.2 Å². The number of carbonyl (C=O) groups is 2. The van der Waals surface area contributed by atoms with Crippen LogP contribution < -0.4 is 21.7 Å². The lowest BCUT2D eigenvalue weighted by Crippen LogP contribution is -2.34. The first kappa shape index (κ1) is 45.0. The smallest absolute Gasteiger partial charge is 0.475 e. The fraction of sp³-hybridized carbons (Fsp3) is 0.364. The quantitative estimate of drug-likeness (QED) is 0.0377. The van der Waals surface area contributed by atoms with Gasteiger partial charge in [0.25, 0.3) is 0 Å². The molecular weight excluding hydrogens is 804 g/mol. The van der Waals surface area contributed by atoms with Gasteiger partial charge >= 0.3 is 24.3 Å². The predicted octanol–water partition coefficient (Wildman–Crippen LogP) is 2.23. The molecule has 10 N–H and O–H groups in total. The molecule has 0 aliphatic carbocycles. The zero-order valence-corrected chi connectivity index (χ0v) is 30.5. The Morgan fingerprint density at radius 1 is 0.898 bits per heavy atom. The highest BCUT2D eigenvalue weighted by Crippen LogP contribution is 2.39. The number of aryl methyl sites for hydroxylation is 1. The number of aliphatic carboxylic acids is 2. The molecule has 1 aliphatic heterocycles. The van der Waals surface area contributed by atoms with Crippen molar-refractivity contribution >= 4 is 40.8 Å². The number of hydrogen-bond acceptors (Lipinski definition) is 14. The van der Waals surface area contributed by atoms with E-state index in [0.29, 0.717) is 43.2 Å². The first-order valence-electron chi connectivity index (χ1n) is 17.1. The number of tetrazole rings is 1. The Morgan fingerprint density at radius 3 is 1.95 bits per heavy atom. The average Bonchev–Trinajstić information content (AvgIpc) is 3.91. The Balaban J connectivity index is 0.000000471. The van der Waals surface area contributed by atoms with Crippen molar-refractivity contribution in [3.63, 3.8) is 0 Å². The molecule has 4 heterocycles. The number of aromatic nitrogens is 8. The molecule has 0 bridgehead atoms. The molecular formula is C33H37F6N13O7. The molecule has 1 aliphatic rings. The van der Waals surface area contributed by atoms with Crippen molar-refractivity contribution in [3.05, 3.63) is 83.9 Å². The van der Waals surface area contributed by atoms with Gasteiger partial charge in [-0.1, -0.05) is 60.7 Å². The number of carboxylic acid groups (broad SMARTS) is 2. The normalized spacial score (nSPS) is 17.7. The Labute approximate surface area is 328 Å². The van der Waals surface area contributed by atoms with E-state index in [1.807, 2.05) is 43.3 Å². The third-order valence-corrected chi connectivity index (χ3v) is 8.03. The lowest BCUT2D eigenvalue weighted by atomic mass is 9.91. The van der Waals surface area contributed by atoms with Gasteiger partial charge in [0.2, 0.25) is 11.8 Å². The van der Waals surface area contributed by atoms with Crippen LogP contribution in [0.15, 0.2) is 67.0 Å². The second kappa shape index (κ2) is 19.7. The predicted molar refractivity (Wildman–Crippen MR) is 193 cm³/mol. The van der Waals surface area contributed by atoms with Gasteiger partial charge in [-0.2, -0.15) is 41.1 Å². The number of aliphatic hydroxyl groups excluding tert-OH is 2. The summed E-state index contributed by atoms with van der Waals surface area (Å²) >= 11 is 0. The van der Waals surface area contributed by atoms with Gasteiger partial charge < -0.3 is 46.8 Å². The van der Waals surface area contributed by atoms with E-state index in [-0.39, 0.29) is 23.7 Å². The molecule has 0 amide bonds. The first-order chi connectivity index (χ1) is 27.8. The maximum Gasteiger partial charge on any atom is 0.490 e. The lowest BCUT2D eigenvalue weighted by Gasteiger charge is -2.20. The summed E-state index contributed by atoms with van der Waals surface area (Å²) in [6, 6.07) is 20.4. The molecule has 318 valence electrons. The molecule has 6 rings (SSSR count). The van der Waals surface area contributed by atoms with E-state index in [1.165, 1.54) is 11.1 Å². The van der Waals surface area contributed by atoms with Gasteiger partial charge in [0.1, 0.15) is 12.2 Å². The van der Waals surface area contributed by atoms with Crippen LogP contribution >= 0.6 is 0 Å². The fourth-order valence-electron chi connectivity index (χ4n) is 5.28. The minimum absolute atomic E-state index is 0.00982. The lowest BCUT2D eigenvalue weighted by molar-refractivity contribution is -0.193. The summed E-state index contributed by atoms with van der Waals surface area (Å²) in [5.41, 5.74) is 8.51. The zero-order valence-electron chi connectivity index (χ0n) is 30.5. The van der Waals surface area contributed by atoms with Crippen molar-refractivity contribution in [2.24, 2.45) is 5.73 Å². The molecule has 1 saturated heterocycles. The summed E-state index contributed by atoms with van der Waals surface area (Å²) in [5.74, 6) is -4.73. The van der Waals surface area contributed by atoms with Crippen LogP contribution in [0.1, 0.15) is 42.1 Å². The average molecular weight is 842 g/mol. The number of fused-ring (bicyclic) bond motifs is 1. The van der Waals surface area contributed by atoms with Crippen molar-refractivity contribution < 1.29 is 61.1 Å². The summed E-state index contributed by atoms with van der Waals surface area (Å²) in [6.07, 6.45) is -13.4. The van der Waals surface area contributed by atoms with Gasteiger partial charge in [0.05, 0.1) is 12.9 Å². The van der Waals surface area contributed by atoms with Crippen LogP contribution in [0.4, 0.5) is 38.1 Å². The SMILES string of the molecule is CCn1nnc([C@H]2O[C@@H](n3cnc4c(NCC(c5ccccc5)c5ccccc5)nc(NCCNC(=N)N)nc43)[C@H](O)[C@@H]2O)n1.O=C(O)C(F)(F)F.O=C(O)C(F)(F)F. The van der Waals surface area contributed by atoms with E-state index in [1.54, 1.807) is 4.57 Å². The van der Waals surface area contributed by atoms with Gasteiger partial charge in [-0.25, -0.2) is 14.6 Å². The molecule has 59 heavy (non-hydrogen) atoms. The summed E-state index contributed by atoms with van der Waals surface area (Å²) in [5, 5.41) is 65.1. The topological polar surface area (TPSA) is 297 Å². The molecule has 2 aromatic carbocycles. The highest BCUT2D eigenvalue weighted by molar-refractivity contribution is 5.84. The number of anilines is 2. The van der Waals surface area contributed by atoms with E-state index in [0.717, 1.165) is 11.1 Å². The van der Waals surface area contributed by atoms with Crippen LogP contribution in [0.25, 0.3) is 11.2 Å². The number of guanidine groups is 1. The van der Waals surface area contributed by atoms with Crippen molar-refractivity contribution in [2.45, 2.75) is 56.3 Å². The van der Waals surface area contributed by atoms with E-state index >= 15 is 0 Å². The number of hydrogen-bond donors (Lipinski definition) is 9. The highest BCUT2D eigenvalue weighted by Gasteiger charge is 2.47. The fourth-order valence-corrected chi connectivity index (χ4v) is 5.28. The van der Waals surface area contributed by atoms with Gasteiger partial charge in [-0.05, 0) is 23.3 Å². The minimum Gasteiger partial charge on any atom is -0.475 e. The third kappa shape index (κ3) is 12.2. The highest BCUT2D eigenvalue weighted by atomic mass is 19.4. The Morgan fingerprint density at radius 2 is 1.46 bits per heavy atom. The summed E-state index contributed by atoms with van der Waals surface area (Å²) in [7, 11) is 0. The molecule has 0 unspecified atom stereocenters. The van der Waals surface area contributed by atoms with Crippen LogP contribution in [-0.2, 0) is 20.9 Å². The van der Waals surface area contributed by atoms with Crippen LogP contribution in [0, 0.1) is 5.41 Å². The Bertz CT molecular complexity index is 2090. The van der Waals surface area contributed by atoms with Crippen molar-refractivity contribution in [3.8, 4) is 0 Å². The maximum atomic E-state index is 11.1. The van der Waals surface area contributed by atoms with Crippen LogP contribution in [0.5, 0.6) is 0 Å². The number of benzene rings is 2. The number of aliphatic hydroxyl groups is 2. The zero-order chi connectivity index (χ0) is 43.5. The van der Waals surface area contributed by atoms with E-state index < -0.39 is 48.8 Å². The molecule has 0 spiro atoms. The summed E-state index contributed by atoms with van der Waals surface area (Å²) < 4.78 is 71.1. The van der Waals surface area contributed by atoms with Crippen LogP contribution in [0.3, 0.4) is 0 Å². The number of ether oxygens (including phenoxy) is 1. The first-order valence-corrected chi connectivity index (χ1v) is 17.1. The van der Waals surface area contributed by atoms with Crippen molar-refractivity contribution in [1.29, 1.82) is 5.41 Å². The number of halogens is 6. The third-order valence-electron chi connectivity index (χ3n) is 8.03. The minimum atomic E-state index is -5.08. The Kier molecular flexibility index (Phi) is 15.0. The number of nitrogens with two attached hydrogens (primary N) is 1. The molecule has 0 saturated carbocycles. The summed E-state index contributed by atoms with van der Waals surface area (Å²) in [6.45, 7) is 3.60. The van der Waals surface area contributed by atoms with Gasteiger partial charge in [0, 0.05) is 25.6 Å². The maximum absolute atomic E-state index is 11.1. The number of nitrogens with zero attached hydrogens (tertiary/aromatic N) is 8. The molecule has 4 atom stereocenters. The number of alkyl halides is 6. The molecule has 0 radical (unpaired) electrons. The van der Waals surface area contributed by atoms with Crippen LogP contribution in [-0.4, -0.2) is 122 Å². The van der Waals surface area contributed by atoms with Crippen LogP contribution in [0.2, 0.25) is 0 Å². The number of nitrogens with one attached hydrogen (secondary N) is 4. The summed E-state index contributed by atoms with van der Waals surface area (Å²) in [4.78, 5) is 33.2. The van der Waals surface area contributed by atoms with Crippen molar-refractivity contribution in [2.75, 3.05) is 30.3 Å². The number of carboxylic acids is 2. The van der Waals surface area contributed by atoms with Gasteiger partial charge in [0.15, 0.2) is 35.3 Å². The standard InChI is InChI=1S/C29H35N13O3.2C2HF3O2/c1-2-42-39-25(38-40-42)23-21(43)22(44)27(45-23)41-16-35-20-24(36-29(37-26(20)41)33-14-13-32-28(30)31)34-15-19(17-9-5-3-6-10-17)18-11-7-4-8-12-18;2*3-2(4,5)1(6)7/h3-12,16,19,21-23,27,43-44H,2,13-15H2,1H3,(H4,30,31,32)(H2,33,34,36,37);2*(H,6,7)/t21-,22+,23-,27+;;/m0../s1. The Hall–Kier alpha value is -6.67. The van der Waals surface area contributed by atoms with E-state index in [2.05, 4.69) is 65.6 Å².